The van der Waals surface area contributed by atoms with E-state index in [1.54, 1.807) is 0 Å². The van der Waals surface area contributed by atoms with Crippen LogP contribution in [-0.2, 0) is 11.3 Å². The van der Waals surface area contributed by atoms with Crippen molar-refractivity contribution in [3.63, 3.8) is 0 Å². The molecule has 2 atom stereocenters. The zero-order chi connectivity index (χ0) is 14.7. The minimum absolute atomic E-state index is 0.0275. The van der Waals surface area contributed by atoms with Gasteiger partial charge in [0.15, 0.2) is 0 Å². The number of carbonyl (C=O) groups excluding carboxylic acids is 1. The quantitative estimate of drug-likeness (QED) is 0.882. The first kappa shape index (κ1) is 14.9. The van der Waals surface area contributed by atoms with Crippen LogP contribution in [0.2, 0.25) is 0 Å². The van der Waals surface area contributed by atoms with Crippen molar-refractivity contribution in [3.05, 3.63) is 29.3 Å². The first-order valence-electron chi connectivity index (χ1n) is 7.21. The van der Waals surface area contributed by atoms with E-state index in [1.165, 1.54) is 5.56 Å². The summed E-state index contributed by atoms with van der Waals surface area (Å²) in [5.74, 6) is -0.261. The molecule has 0 bridgehead atoms. The lowest BCUT2D eigenvalue weighted by atomic mass is 10.0. The van der Waals surface area contributed by atoms with E-state index < -0.39 is 6.10 Å². The molecule has 110 valence electrons. The standard InChI is InChI=1S/C16H24N2O2/c1-11-7-8-12(14(9-11)18(2)3)10-17-16(20)13-5-4-6-15(13)19/h7-9,13,15,19H,4-6,10H2,1-3H3,(H,17,20). The van der Waals surface area contributed by atoms with Gasteiger partial charge in [0, 0.05) is 26.3 Å². The lowest BCUT2D eigenvalue weighted by Crippen LogP contribution is -2.34. The average molecular weight is 276 g/mol. The van der Waals surface area contributed by atoms with E-state index in [0.29, 0.717) is 6.54 Å². The maximum Gasteiger partial charge on any atom is 0.225 e. The summed E-state index contributed by atoms with van der Waals surface area (Å²) in [6, 6.07) is 6.22. The number of aliphatic hydroxyl groups is 1. The molecule has 1 saturated carbocycles. The highest BCUT2D eigenvalue weighted by Crippen LogP contribution is 2.26. The number of hydrogen-bond donors (Lipinski definition) is 2. The van der Waals surface area contributed by atoms with Crippen molar-refractivity contribution in [1.82, 2.24) is 5.32 Å². The Morgan fingerprint density at radius 1 is 1.40 bits per heavy atom. The van der Waals surface area contributed by atoms with E-state index in [0.717, 1.165) is 30.5 Å². The molecule has 2 N–H and O–H groups in total. The summed E-state index contributed by atoms with van der Waals surface area (Å²) in [5.41, 5.74) is 3.42. The number of hydrogen-bond acceptors (Lipinski definition) is 3. The van der Waals surface area contributed by atoms with Gasteiger partial charge in [0.05, 0.1) is 12.0 Å². The molecule has 0 heterocycles. The molecule has 0 aliphatic heterocycles. The molecule has 2 rings (SSSR count). The van der Waals surface area contributed by atoms with Crippen molar-refractivity contribution in [2.24, 2.45) is 5.92 Å². The zero-order valence-corrected chi connectivity index (χ0v) is 12.5. The Morgan fingerprint density at radius 3 is 2.75 bits per heavy atom. The van der Waals surface area contributed by atoms with Gasteiger partial charge in [-0.3, -0.25) is 4.79 Å². The van der Waals surface area contributed by atoms with Crippen LogP contribution in [0.4, 0.5) is 5.69 Å². The molecular weight excluding hydrogens is 252 g/mol. The first-order chi connectivity index (χ1) is 9.49. The van der Waals surface area contributed by atoms with Crippen LogP contribution in [0, 0.1) is 12.8 Å². The van der Waals surface area contributed by atoms with Gasteiger partial charge < -0.3 is 15.3 Å². The second kappa shape index (κ2) is 6.27. The summed E-state index contributed by atoms with van der Waals surface area (Å²) in [4.78, 5) is 14.1. The van der Waals surface area contributed by atoms with Crippen molar-refractivity contribution >= 4 is 11.6 Å². The van der Waals surface area contributed by atoms with E-state index in [4.69, 9.17) is 0 Å². The molecular formula is C16H24N2O2. The number of nitrogens with zero attached hydrogens (tertiary/aromatic N) is 1. The lowest BCUT2D eigenvalue weighted by molar-refractivity contribution is -0.127. The molecule has 20 heavy (non-hydrogen) atoms. The number of aliphatic hydroxyl groups excluding tert-OH is 1. The van der Waals surface area contributed by atoms with E-state index in [9.17, 15) is 9.90 Å². The molecule has 0 radical (unpaired) electrons. The van der Waals surface area contributed by atoms with Gasteiger partial charge in [-0.1, -0.05) is 12.1 Å². The summed E-state index contributed by atoms with van der Waals surface area (Å²) in [6.45, 7) is 2.57. The molecule has 1 aromatic rings. The zero-order valence-electron chi connectivity index (χ0n) is 12.5. The summed E-state index contributed by atoms with van der Waals surface area (Å²) >= 11 is 0. The number of nitrogens with one attached hydrogen (secondary N) is 1. The highest BCUT2D eigenvalue weighted by atomic mass is 16.3. The second-order valence-corrected chi connectivity index (χ2v) is 5.85. The van der Waals surface area contributed by atoms with Gasteiger partial charge in [-0.2, -0.15) is 0 Å². The predicted molar refractivity (Wildman–Crippen MR) is 80.7 cm³/mol. The van der Waals surface area contributed by atoms with Crippen LogP contribution < -0.4 is 10.2 Å². The molecule has 2 unspecified atom stereocenters. The Labute approximate surface area is 120 Å². The van der Waals surface area contributed by atoms with Crippen molar-refractivity contribution in [2.75, 3.05) is 19.0 Å². The maximum absolute atomic E-state index is 12.1. The van der Waals surface area contributed by atoms with Crippen molar-refractivity contribution in [2.45, 2.75) is 38.8 Å². The highest BCUT2D eigenvalue weighted by molar-refractivity contribution is 5.79. The summed E-state index contributed by atoms with van der Waals surface area (Å²) in [5, 5.41) is 12.7. The number of benzene rings is 1. The smallest absolute Gasteiger partial charge is 0.225 e. The van der Waals surface area contributed by atoms with Crippen LogP contribution in [0.15, 0.2) is 18.2 Å². The Hall–Kier alpha value is -1.55. The topological polar surface area (TPSA) is 52.6 Å². The van der Waals surface area contributed by atoms with Crippen molar-refractivity contribution < 1.29 is 9.90 Å². The number of aryl methyl sites for hydroxylation is 1. The van der Waals surface area contributed by atoms with E-state index in [-0.39, 0.29) is 11.8 Å². The van der Waals surface area contributed by atoms with Gasteiger partial charge in [-0.05, 0) is 43.4 Å². The molecule has 0 aromatic heterocycles. The van der Waals surface area contributed by atoms with Crippen LogP contribution >= 0.6 is 0 Å². The summed E-state index contributed by atoms with van der Waals surface area (Å²) < 4.78 is 0. The fourth-order valence-corrected chi connectivity index (χ4v) is 2.80. The number of carbonyl (C=O) groups is 1. The summed E-state index contributed by atoms with van der Waals surface area (Å²) in [6.07, 6.45) is 2.00. The Bertz CT molecular complexity index is 485. The molecule has 1 aliphatic rings. The maximum atomic E-state index is 12.1. The summed E-state index contributed by atoms with van der Waals surface area (Å²) in [7, 11) is 4.00. The predicted octanol–water partition coefficient (Wildman–Crippen LogP) is 1.84. The molecule has 4 heteroatoms. The van der Waals surface area contributed by atoms with E-state index in [1.807, 2.05) is 14.1 Å². The first-order valence-corrected chi connectivity index (χ1v) is 7.21. The number of rotatable bonds is 4. The van der Waals surface area contributed by atoms with Gasteiger partial charge in [0.2, 0.25) is 5.91 Å². The lowest BCUT2D eigenvalue weighted by Gasteiger charge is -2.20. The van der Waals surface area contributed by atoms with E-state index in [2.05, 4.69) is 35.3 Å². The third kappa shape index (κ3) is 3.31. The molecule has 4 nitrogen and oxygen atoms in total. The minimum atomic E-state index is -0.471. The van der Waals surface area contributed by atoms with Crippen LogP contribution in [-0.4, -0.2) is 31.2 Å². The fraction of sp³-hybridized carbons (Fsp3) is 0.562. The fourth-order valence-electron chi connectivity index (χ4n) is 2.80. The molecule has 0 saturated heterocycles. The van der Waals surface area contributed by atoms with Gasteiger partial charge >= 0.3 is 0 Å². The van der Waals surface area contributed by atoms with E-state index >= 15 is 0 Å². The third-order valence-corrected chi connectivity index (χ3v) is 3.99. The van der Waals surface area contributed by atoms with Crippen LogP contribution in [0.3, 0.4) is 0 Å². The van der Waals surface area contributed by atoms with Gasteiger partial charge in [-0.25, -0.2) is 0 Å². The molecule has 1 amide bonds. The minimum Gasteiger partial charge on any atom is -0.392 e. The Kier molecular flexibility index (Phi) is 4.65. The van der Waals surface area contributed by atoms with Gasteiger partial charge in [0.25, 0.3) is 0 Å². The molecule has 1 fully saturated rings. The van der Waals surface area contributed by atoms with Crippen LogP contribution in [0.25, 0.3) is 0 Å². The average Bonchev–Trinajstić information content (AvgIpc) is 2.83. The molecule has 1 aromatic carbocycles. The number of amides is 1. The van der Waals surface area contributed by atoms with Gasteiger partial charge in [0.1, 0.15) is 0 Å². The van der Waals surface area contributed by atoms with Crippen LogP contribution in [0.5, 0.6) is 0 Å². The van der Waals surface area contributed by atoms with Crippen LogP contribution in [0.1, 0.15) is 30.4 Å². The Balaban J connectivity index is 2.02. The van der Waals surface area contributed by atoms with Crippen molar-refractivity contribution in [3.8, 4) is 0 Å². The second-order valence-electron chi connectivity index (χ2n) is 5.85. The monoisotopic (exact) mass is 276 g/mol. The number of anilines is 1. The van der Waals surface area contributed by atoms with Gasteiger partial charge in [-0.15, -0.1) is 0 Å². The third-order valence-electron chi connectivity index (χ3n) is 3.99. The highest BCUT2D eigenvalue weighted by Gasteiger charge is 2.31. The normalized spacial score (nSPS) is 21.8. The molecule has 0 spiro atoms. The van der Waals surface area contributed by atoms with Crippen molar-refractivity contribution in [1.29, 1.82) is 0 Å². The molecule has 1 aliphatic carbocycles. The largest absolute Gasteiger partial charge is 0.392 e. The Morgan fingerprint density at radius 2 is 2.15 bits per heavy atom. The SMILES string of the molecule is Cc1ccc(CNC(=O)C2CCCC2O)c(N(C)C)c1.